The summed E-state index contributed by atoms with van der Waals surface area (Å²) in [4.78, 5) is 11.8. The maximum absolute atomic E-state index is 12.0. The molecule has 0 aromatic heterocycles. The molecular weight excluding hydrogens is 301 g/mol. The van der Waals surface area contributed by atoms with Crippen LogP contribution in [0.15, 0.2) is 24.3 Å². The summed E-state index contributed by atoms with van der Waals surface area (Å²) in [6.07, 6.45) is -3.14. The lowest BCUT2D eigenvalue weighted by atomic mass is 10.1. The number of alkyl halides is 3. The lowest BCUT2D eigenvalue weighted by Crippen LogP contribution is -2.50. The van der Waals surface area contributed by atoms with Crippen molar-refractivity contribution in [3.8, 4) is 5.75 Å². The summed E-state index contributed by atoms with van der Waals surface area (Å²) in [6, 6.07) is 4.60. The second-order valence-corrected chi connectivity index (χ2v) is 4.96. The van der Waals surface area contributed by atoms with Gasteiger partial charge in [0, 0.05) is 24.8 Å². The molecule has 0 radical (unpaired) electrons. The molecule has 0 atom stereocenters. The predicted molar refractivity (Wildman–Crippen MR) is 74.1 cm³/mol. The molecule has 1 heterocycles. The highest BCUT2D eigenvalue weighted by molar-refractivity contribution is 5.88. The summed E-state index contributed by atoms with van der Waals surface area (Å²) in [7, 11) is 0. The number of amides is 2. The first kappa shape index (κ1) is 16.4. The first-order chi connectivity index (χ1) is 10.3. The van der Waals surface area contributed by atoms with Crippen LogP contribution in [0.5, 0.6) is 5.75 Å². The number of hydrogen-bond donors (Lipinski definition) is 3. The van der Waals surface area contributed by atoms with Crippen LogP contribution in [0, 0.1) is 0 Å². The number of piperidine rings is 1. The highest BCUT2D eigenvalue weighted by Gasteiger charge is 2.31. The van der Waals surface area contributed by atoms with Gasteiger partial charge in [0.15, 0.2) is 0 Å². The Bertz CT molecular complexity index is 499. The van der Waals surface area contributed by atoms with E-state index in [0.29, 0.717) is 18.8 Å². The SMILES string of the molecule is NC1CCN(NC(=O)Nc2ccc(OC(F)(F)F)cc2)CC1. The minimum absolute atomic E-state index is 0.155. The van der Waals surface area contributed by atoms with Gasteiger partial charge in [-0.15, -0.1) is 13.2 Å². The number of anilines is 1. The zero-order valence-corrected chi connectivity index (χ0v) is 11.7. The fourth-order valence-corrected chi connectivity index (χ4v) is 2.05. The number of carbonyl (C=O) groups is 1. The third kappa shape index (κ3) is 5.41. The van der Waals surface area contributed by atoms with Crippen molar-refractivity contribution in [1.29, 1.82) is 0 Å². The number of nitrogens with zero attached hydrogens (tertiary/aromatic N) is 1. The van der Waals surface area contributed by atoms with Gasteiger partial charge in [0.25, 0.3) is 0 Å². The highest BCUT2D eigenvalue weighted by Crippen LogP contribution is 2.23. The van der Waals surface area contributed by atoms with Crippen LogP contribution in [0.2, 0.25) is 0 Å². The lowest BCUT2D eigenvalue weighted by molar-refractivity contribution is -0.274. The number of hydrogen-bond acceptors (Lipinski definition) is 4. The first-order valence-corrected chi connectivity index (χ1v) is 6.76. The van der Waals surface area contributed by atoms with E-state index in [4.69, 9.17) is 5.73 Å². The third-order valence-corrected chi connectivity index (χ3v) is 3.15. The van der Waals surface area contributed by atoms with Gasteiger partial charge in [-0.2, -0.15) is 0 Å². The molecular formula is C13H17F3N4O2. The molecule has 4 N–H and O–H groups in total. The number of nitrogens with two attached hydrogens (primary N) is 1. The molecule has 0 spiro atoms. The quantitative estimate of drug-likeness (QED) is 0.797. The number of benzene rings is 1. The maximum atomic E-state index is 12.0. The summed E-state index contributed by atoms with van der Waals surface area (Å²) in [6.45, 7) is 1.32. The number of ether oxygens (including phenoxy) is 1. The maximum Gasteiger partial charge on any atom is 0.573 e. The number of carbonyl (C=O) groups excluding carboxylic acids is 1. The van der Waals surface area contributed by atoms with Crippen LogP contribution in [-0.4, -0.2) is 36.5 Å². The van der Waals surface area contributed by atoms with E-state index in [0.717, 1.165) is 25.0 Å². The normalized spacial score (nSPS) is 17.1. The number of urea groups is 1. The van der Waals surface area contributed by atoms with Gasteiger partial charge < -0.3 is 15.8 Å². The van der Waals surface area contributed by atoms with Crippen LogP contribution in [-0.2, 0) is 0 Å². The summed E-state index contributed by atoms with van der Waals surface area (Å²) in [5, 5.41) is 4.28. The van der Waals surface area contributed by atoms with Crippen LogP contribution in [0.25, 0.3) is 0 Å². The third-order valence-electron chi connectivity index (χ3n) is 3.15. The van der Waals surface area contributed by atoms with Crippen LogP contribution in [0.3, 0.4) is 0 Å². The molecule has 0 saturated carbocycles. The Morgan fingerprint density at radius 2 is 1.82 bits per heavy atom. The van der Waals surface area contributed by atoms with E-state index in [1.165, 1.54) is 12.1 Å². The van der Waals surface area contributed by atoms with Crippen molar-refractivity contribution < 1.29 is 22.7 Å². The zero-order chi connectivity index (χ0) is 16.2. The van der Waals surface area contributed by atoms with Gasteiger partial charge in [0.1, 0.15) is 5.75 Å². The number of hydrazine groups is 1. The van der Waals surface area contributed by atoms with Crippen molar-refractivity contribution in [2.24, 2.45) is 5.73 Å². The lowest BCUT2D eigenvalue weighted by Gasteiger charge is -2.30. The van der Waals surface area contributed by atoms with Crippen molar-refractivity contribution in [1.82, 2.24) is 10.4 Å². The summed E-state index contributed by atoms with van der Waals surface area (Å²) >= 11 is 0. The van der Waals surface area contributed by atoms with E-state index in [-0.39, 0.29) is 11.8 Å². The van der Waals surface area contributed by atoms with Gasteiger partial charge in [0.05, 0.1) is 0 Å². The van der Waals surface area contributed by atoms with E-state index in [9.17, 15) is 18.0 Å². The molecule has 1 fully saturated rings. The predicted octanol–water partition coefficient (Wildman–Crippen LogP) is 2.04. The molecule has 1 saturated heterocycles. The number of nitrogens with one attached hydrogen (secondary N) is 2. The second-order valence-electron chi connectivity index (χ2n) is 4.96. The Hall–Kier alpha value is -2.00. The van der Waals surface area contributed by atoms with Gasteiger partial charge in [-0.1, -0.05) is 0 Å². The van der Waals surface area contributed by atoms with E-state index in [2.05, 4.69) is 15.5 Å². The van der Waals surface area contributed by atoms with Crippen LogP contribution in [0.1, 0.15) is 12.8 Å². The Balaban J connectivity index is 1.81. The van der Waals surface area contributed by atoms with Gasteiger partial charge >= 0.3 is 12.4 Å². The average Bonchev–Trinajstić information content (AvgIpc) is 2.42. The van der Waals surface area contributed by atoms with Crippen LogP contribution in [0.4, 0.5) is 23.7 Å². The molecule has 1 aromatic rings. The molecule has 0 aliphatic carbocycles. The Morgan fingerprint density at radius 3 is 2.36 bits per heavy atom. The molecule has 1 aromatic carbocycles. The molecule has 0 unspecified atom stereocenters. The van der Waals surface area contributed by atoms with E-state index in [1.807, 2.05) is 0 Å². The molecule has 6 nitrogen and oxygen atoms in total. The molecule has 2 rings (SSSR count). The van der Waals surface area contributed by atoms with Crippen molar-refractivity contribution in [2.45, 2.75) is 25.2 Å². The first-order valence-electron chi connectivity index (χ1n) is 6.76. The minimum atomic E-state index is -4.73. The number of halogens is 3. The Labute approximate surface area is 125 Å². The Kier molecular flexibility index (Phi) is 5.09. The smallest absolute Gasteiger partial charge is 0.406 e. The summed E-state index contributed by atoms with van der Waals surface area (Å²) < 4.78 is 39.8. The zero-order valence-electron chi connectivity index (χ0n) is 11.7. The Morgan fingerprint density at radius 1 is 1.23 bits per heavy atom. The van der Waals surface area contributed by atoms with E-state index in [1.54, 1.807) is 5.01 Å². The van der Waals surface area contributed by atoms with Crippen molar-refractivity contribution in [2.75, 3.05) is 18.4 Å². The van der Waals surface area contributed by atoms with E-state index >= 15 is 0 Å². The highest BCUT2D eigenvalue weighted by atomic mass is 19.4. The van der Waals surface area contributed by atoms with Crippen molar-refractivity contribution in [3.63, 3.8) is 0 Å². The van der Waals surface area contributed by atoms with Gasteiger partial charge in [0.2, 0.25) is 0 Å². The summed E-state index contributed by atoms with van der Waals surface area (Å²) in [5.74, 6) is -0.344. The topological polar surface area (TPSA) is 79.6 Å². The molecule has 1 aliphatic rings. The van der Waals surface area contributed by atoms with Gasteiger partial charge in [-0.05, 0) is 37.1 Å². The molecule has 122 valence electrons. The summed E-state index contributed by atoms with van der Waals surface area (Å²) in [5.41, 5.74) is 8.78. The standard InChI is InChI=1S/C13H17F3N4O2/c14-13(15,16)22-11-3-1-10(2-4-11)18-12(21)19-20-7-5-9(17)6-8-20/h1-4,9H,5-8,17H2,(H2,18,19,21). The fraction of sp³-hybridized carbons (Fsp3) is 0.462. The second kappa shape index (κ2) is 6.84. The minimum Gasteiger partial charge on any atom is -0.406 e. The fourth-order valence-electron chi connectivity index (χ4n) is 2.05. The van der Waals surface area contributed by atoms with Crippen LogP contribution >= 0.6 is 0 Å². The number of rotatable bonds is 3. The monoisotopic (exact) mass is 318 g/mol. The largest absolute Gasteiger partial charge is 0.573 e. The van der Waals surface area contributed by atoms with Gasteiger partial charge in [-0.3, -0.25) is 5.43 Å². The van der Waals surface area contributed by atoms with Gasteiger partial charge in [-0.25, -0.2) is 9.80 Å². The molecule has 22 heavy (non-hydrogen) atoms. The molecule has 2 amide bonds. The van der Waals surface area contributed by atoms with Crippen molar-refractivity contribution >= 4 is 11.7 Å². The molecule has 0 bridgehead atoms. The molecule has 9 heteroatoms. The van der Waals surface area contributed by atoms with Crippen molar-refractivity contribution in [3.05, 3.63) is 24.3 Å². The van der Waals surface area contributed by atoms with Crippen LogP contribution < -0.4 is 21.2 Å². The molecule has 1 aliphatic heterocycles. The van der Waals surface area contributed by atoms with E-state index < -0.39 is 12.4 Å². The average molecular weight is 318 g/mol.